The van der Waals surface area contributed by atoms with Crippen LogP contribution in [0.5, 0.6) is 0 Å². The molecule has 0 amide bonds. The van der Waals surface area contributed by atoms with Crippen LogP contribution in [0.15, 0.2) is 43.1 Å². The minimum absolute atomic E-state index is 0.916. The van der Waals surface area contributed by atoms with Crippen LogP contribution in [0.1, 0.15) is 12.0 Å². The molecule has 0 aromatic heterocycles. The Balaban J connectivity index is 2.51. The molecule has 0 saturated heterocycles. The van der Waals surface area contributed by atoms with Gasteiger partial charge in [0.1, 0.15) is 0 Å². The molecule has 1 rings (SSSR count). The number of nitrogens with zero attached hydrogens (tertiary/aromatic N) is 1. The lowest BCUT2D eigenvalue weighted by Gasteiger charge is -2.18. The zero-order chi connectivity index (χ0) is 9.52. The van der Waals surface area contributed by atoms with Gasteiger partial charge in [-0.15, -0.1) is 0 Å². The van der Waals surface area contributed by atoms with Crippen molar-refractivity contribution in [2.45, 2.75) is 13.0 Å². The number of benzene rings is 1. The highest BCUT2D eigenvalue weighted by Gasteiger charge is 1.97. The predicted octanol–water partition coefficient (Wildman–Crippen LogP) is 2.86. The summed E-state index contributed by atoms with van der Waals surface area (Å²) in [5, 5.41) is 0. The first-order chi connectivity index (χ1) is 6.36. The second-order valence-corrected chi connectivity index (χ2v) is 2.99. The molecule has 1 aromatic carbocycles. The average Bonchev–Trinajstić information content (AvgIpc) is 2.19. The molecule has 0 fully saturated rings. The van der Waals surface area contributed by atoms with E-state index in [-0.39, 0.29) is 0 Å². The lowest BCUT2D eigenvalue weighted by molar-refractivity contribution is 0.376. The average molecular weight is 174 g/mol. The van der Waals surface area contributed by atoms with Gasteiger partial charge in [-0.1, -0.05) is 43.8 Å². The zero-order valence-electron chi connectivity index (χ0n) is 7.95. The topological polar surface area (TPSA) is 3.24 Å². The lowest BCUT2D eigenvalue weighted by atomic mass is 10.2. The van der Waals surface area contributed by atoms with Crippen LogP contribution < -0.4 is 0 Å². The van der Waals surface area contributed by atoms with Crippen LogP contribution in [0.4, 0.5) is 0 Å². The summed E-state index contributed by atoms with van der Waals surface area (Å²) in [6, 6.07) is 10.4. The molecule has 0 bridgehead atoms. The molecule has 0 aliphatic carbocycles. The number of hydrogen-bond acceptors (Lipinski definition) is 1. The fraction of sp³-hybridized carbons (Fsp3) is 0.250. The van der Waals surface area contributed by atoms with Gasteiger partial charge in [-0.2, -0.15) is 0 Å². The second-order valence-electron chi connectivity index (χ2n) is 2.99. The fourth-order valence-corrected chi connectivity index (χ4v) is 1.26. The Morgan fingerprint density at radius 3 is 2.46 bits per heavy atom. The highest BCUT2D eigenvalue weighted by atomic mass is 15.1. The molecule has 0 saturated carbocycles. The normalized spacial score (nSPS) is 9.62. The summed E-state index contributed by atoms with van der Waals surface area (Å²) in [6.45, 7) is 9.50. The standard InChI is InChI=1S/C12H16N/c1-3-10-13(4-2)11-12-8-6-5-7-9-12/h4-9H,1-3,10-11H2. The molecule has 0 unspecified atom stereocenters. The molecule has 0 spiro atoms. The molecule has 1 heteroatoms. The molecule has 0 N–H and O–H groups in total. The van der Waals surface area contributed by atoms with E-state index in [0.29, 0.717) is 0 Å². The molecule has 13 heavy (non-hydrogen) atoms. The van der Waals surface area contributed by atoms with E-state index in [2.05, 4.69) is 42.7 Å². The quantitative estimate of drug-likeness (QED) is 0.663. The van der Waals surface area contributed by atoms with E-state index in [1.54, 1.807) is 0 Å². The van der Waals surface area contributed by atoms with Crippen molar-refractivity contribution in [3.63, 3.8) is 0 Å². The van der Waals surface area contributed by atoms with Gasteiger partial charge in [0, 0.05) is 13.1 Å². The summed E-state index contributed by atoms with van der Waals surface area (Å²) in [5.41, 5.74) is 1.32. The van der Waals surface area contributed by atoms with Crippen LogP contribution in [-0.2, 0) is 6.54 Å². The van der Waals surface area contributed by atoms with Crippen molar-refractivity contribution < 1.29 is 0 Å². The van der Waals surface area contributed by atoms with E-state index in [9.17, 15) is 0 Å². The van der Waals surface area contributed by atoms with Crippen LogP contribution in [-0.4, -0.2) is 11.4 Å². The van der Waals surface area contributed by atoms with E-state index in [1.807, 2.05) is 12.3 Å². The zero-order valence-corrected chi connectivity index (χ0v) is 7.95. The van der Waals surface area contributed by atoms with Crippen molar-refractivity contribution in [3.8, 4) is 0 Å². The highest BCUT2D eigenvalue weighted by Crippen LogP contribution is 2.04. The van der Waals surface area contributed by atoms with Crippen molar-refractivity contribution >= 4 is 0 Å². The van der Waals surface area contributed by atoms with Gasteiger partial charge >= 0.3 is 0 Å². The van der Waals surface area contributed by atoms with E-state index in [1.165, 1.54) is 5.56 Å². The van der Waals surface area contributed by atoms with Crippen molar-refractivity contribution in [2.24, 2.45) is 0 Å². The monoisotopic (exact) mass is 174 g/mol. The summed E-state index contributed by atoms with van der Waals surface area (Å²) < 4.78 is 0. The molecule has 69 valence electrons. The van der Waals surface area contributed by atoms with E-state index < -0.39 is 0 Å². The molecule has 0 aliphatic heterocycles. The number of hydrogen-bond donors (Lipinski definition) is 0. The number of rotatable bonds is 5. The molecule has 1 radical (unpaired) electrons. The molecule has 1 nitrogen and oxygen atoms in total. The second kappa shape index (κ2) is 5.41. The Labute approximate surface area is 80.7 Å². The maximum atomic E-state index is 3.83. The maximum absolute atomic E-state index is 3.83. The van der Waals surface area contributed by atoms with Gasteiger partial charge in [0.25, 0.3) is 0 Å². The van der Waals surface area contributed by atoms with Gasteiger partial charge in [-0.25, -0.2) is 0 Å². The Bertz CT molecular complexity index is 241. The third-order valence-electron chi connectivity index (χ3n) is 1.93. The Hall–Kier alpha value is -1.24. The van der Waals surface area contributed by atoms with E-state index >= 15 is 0 Å². The van der Waals surface area contributed by atoms with Crippen LogP contribution in [0.25, 0.3) is 0 Å². The SMILES string of the molecule is [CH2]CCN(C=C)Cc1ccccc1. The Kier molecular flexibility index (Phi) is 4.10. The molecular weight excluding hydrogens is 158 g/mol. The summed E-state index contributed by atoms with van der Waals surface area (Å²) in [6.07, 6.45) is 2.79. The Morgan fingerprint density at radius 2 is 1.92 bits per heavy atom. The third kappa shape index (κ3) is 3.32. The van der Waals surface area contributed by atoms with Gasteiger partial charge in [0.05, 0.1) is 0 Å². The molecule has 0 heterocycles. The summed E-state index contributed by atoms with van der Waals surface area (Å²) in [5.74, 6) is 0. The highest BCUT2D eigenvalue weighted by molar-refractivity contribution is 5.14. The summed E-state index contributed by atoms with van der Waals surface area (Å²) in [4.78, 5) is 2.17. The van der Waals surface area contributed by atoms with Crippen LogP contribution in [0.3, 0.4) is 0 Å². The van der Waals surface area contributed by atoms with E-state index in [4.69, 9.17) is 0 Å². The fourth-order valence-electron chi connectivity index (χ4n) is 1.26. The van der Waals surface area contributed by atoms with Gasteiger partial charge in [0.15, 0.2) is 0 Å². The first-order valence-corrected chi connectivity index (χ1v) is 4.56. The van der Waals surface area contributed by atoms with Crippen molar-refractivity contribution in [3.05, 3.63) is 55.6 Å². The van der Waals surface area contributed by atoms with Gasteiger partial charge in [-0.3, -0.25) is 0 Å². The molecule has 1 aromatic rings. The first-order valence-electron chi connectivity index (χ1n) is 4.56. The van der Waals surface area contributed by atoms with Crippen molar-refractivity contribution in [2.75, 3.05) is 6.54 Å². The lowest BCUT2D eigenvalue weighted by Crippen LogP contribution is -2.16. The molecule has 0 aliphatic rings. The van der Waals surface area contributed by atoms with Gasteiger partial charge in [-0.05, 0) is 18.2 Å². The largest absolute Gasteiger partial charge is 0.374 e. The molecular formula is C12H16N. The molecule has 0 atom stereocenters. The summed E-state index contributed by atoms with van der Waals surface area (Å²) >= 11 is 0. The minimum Gasteiger partial charge on any atom is -0.374 e. The predicted molar refractivity (Wildman–Crippen MR) is 57.0 cm³/mol. The van der Waals surface area contributed by atoms with Crippen LogP contribution in [0.2, 0.25) is 0 Å². The summed E-state index contributed by atoms with van der Waals surface area (Å²) in [7, 11) is 0. The van der Waals surface area contributed by atoms with Gasteiger partial charge in [0.2, 0.25) is 0 Å². The smallest absolute Gasteiger partial charge is 0.0423 e. The maximum Gasteiger partial charge on any atom is 0.0423 e. The van der Waals surface area contributed by atoms with Crippen molar-refractivity contribution in [1.82, 2.24) is 4.90 Å². The van der Waals surface area contributed by atoms with Crippen LogP contribution >= 0.6 is 0 Å². The van der Waals surface area contributed by atoms with E-state index in [0.717, 1.165) is 19.5 Å². The Morgan fingerprint density at radius 1 is 1.23 bits per heavy atom. The van der Waals surface area contributed by atoms with Crippen LogP contribution in [0, 0.1) is 6.92 Å². The first kappa shape index (κ1) is 9.85. The third-order valence-corrected chi connectivity index (χ3v) is 1.93. The van der Waals surface area contributed by atoms with Crippen molar-refractivity contribution in [1.29, 1.82) is 0 Å². The minimum atomic E-state index is 0.916. The van der Waals surface area contributed by atoms with Gasteiger partial charge < -0.3 is 4.90 Å².